The molecule has 19 heavy (non-hydrogen) atoms. The molecule has 0 spiro atoms. The molecule has 0 aromatic heterocycles. The van der Waals surface area contributed by atoms with Gasteiger partial charge in [0.25, 0.3) is 0 Å². The van der Waals surface area contributed by atoms with Gasteiger partial charge in [-0.25, -0.2) is 0 Å². The van der Waals surface area contributed by atoms with Gasteiger partial charge in [0.15, 0.2) is 0 Å². The molecule has 0 aliphatic heterocycles. The number of rotatable bonds is 4. The lowest BCUT2D eigenvalue weighted by molar-refractivity contribution is 0.414. The van der Waals surface area contributed by atoms with Crippen molar-refractivity contribution in [2.45, 2.75) is 13.0 Å². The molecule has 1 unspecified atom stereocenters. The molecule has 0 saturated heterocycles. The van der Waals surface area contributed by atoms with Crippen molar-refractivity contribution in [3.8, 4) is 5.75 Å². The molecule has 2 aromatic carbocycles. The van der Waals surface area contributed by atoms with Crippen LogP contribution in [0.3, 0.4) is 0 Å². The second-order valence-electron chi connectivity index (χ2n) is 4.30. The number of ether oxygens (including phenoxy) is 1. The highest BCUT2D eigenvalue weighted by Gasteiger charge is 2.07. The lowest BCUT2D eigenvalue weighted by Crippen LogP contribution is -2.06. The second kappa shape index (κ2) is 6.44. The molecule has 0 fully saturated rings. The lowest BCUT2D eigenvalue weighted by atomic mass is 10.1. The summed E-state index contributed by atoms with van der Waals surface area (Å²) in [5.41, 5.74) is 2.26. The van der Waals surface area contributed by atoms with Crippen LogP contribution < -0.4 is 10.1 Å². The Labute approximate surface area is 130 Å². The van der Waals surface area contributed by atoms with Crippen molar-refractivity contribution in [2.75, 3.05) is 12.4 Å². The van der Waals surface area contributed by atoms with E-state index in [0.29, 0.717) is 0 Å². The van der Waals surface area contributed by atoms with E-state index in [4.69, 9.17) is 4.74 Å². The van der Waals surface area contributed by atoms with Crippen molar-refractivity contribution in [1.82, 2.24) is 0 Å². The molecule has 0 radical (unpaired) electrons. The Balaban J connectivity index is 2.18. The van der Waals surface area contributed by atoms with Crippen LogP contribution in [0.4, 0.5) is 5.69 Å². The summed E-state index contributed by atoms with van der Waals surface area (Å²) in [6.45, 7) is 2.13. The summed E-state index contributed by atoms with van der Waals surface area (Å²) in [6, 6.07) is 14.5. The number of hydrogen-bond acceptors (Lipinski definition) is 2. The molecule has 0 aliphatic carbocycles. The van der Waals surface area contributed by atoms with Crippen LogP contribution in [0.25, 0.3) is 0 Å². The number of halogens is 2. The monoisotopic (exact) mass is 383 g/mol. The van der Waals surface area contributed by atoms with Crippen LogP contribution in [-0.2, 0) is 0 Å². The van der Waals surface area contributed by atoms with E-state index in [1.54, 1.807) is 7.11 Å². The molecule has 0 bridgehead atoms. The topological polar surface area (TPSA) is 21.3 Å². The standard InChI is InChI=1S/C15H15Br2NO/c1-10(11-4-3-5-12(16)6-11)18-14-7-13(17)8-15(9-14)19-2/h3-10,18H,1-2H3. The van der Waals surface area contributed by atoms with Gasteiger partial charge in [-0.15, -0.1) is 0 Å². The molecule has 0 heterocycles. The van der Waals surface area contributed by atoms with E-state index < -0.39 is 0 Å². The van der Waals surface area contributed by atoms with Crippen molar-refractivity contribution >= 4 is 37.5 Å². The van der Waals surface area contributed by atoms with E-state index in [9.17, 15) is 0 Å². The summed E-state index contributed by atoms with van der Waals surface area (Å²) >= 11 is 6.98. The fourth-order valence-electron chi connectivity index (χ4n) is 1.87. The van der Waals surface area contributed by atoms with Gasteiger partial charge in [0, 0.05) is 26.7 Å². The van der Waals surface area contributed by atoms with Crippen molar-refractivity contribution in [1.29, 1.82) is 0 Å². The third kappa shape index (κ3) is 3.98. The van der Waals surface area contributed by atoms with Gasteiger partial charge < -0.3 is 10.1 Å². The van der Waals surface area contributed by atoms with E-state index in [-0.39, 0.29) is 6.04 Å². The molecule has 0 saturated carbocycles. The number of methoxy groups -OCH3 is 1. The summed E-state index contributed by atoms with van der Waals surface area (Å²) in [7, 11) is 1.67. The maximum atomic E-state index is 5.26. The lowest BCUT2D eigenvalue weighted by Gasteiger charge is -2.17. The second-order valence-corrected chi connectivity index (χ2v) is 6.13. The smallest absolute Gasteiger partial charge is 0.122 e. The minimum Gasteiger partial charge on any atom is -0.497 e. The highest BCUT2D eigenvalue weighted by atomic mass is 79.9. The molecule has 1 atom stereocenters. The molecule has 0 amide bonds. The zero-order chi connectivity index (χ0) is 13.8. The van der Waals surface area contributed by atoms with Gasteiger partial charge in [0.2, 0.25) is 0 Å². The number of hydrogen-bond donors (Lipinski definition) is 1. The highest BCUT2D eigenvalue weighted by Crippen LogP contribution is 2.28. The Hall–Kier alpha value is -1.00. The van der Waals surface area contributed by atoms with Crippen LogP contribution >= 0.6 is 31.9 Å². The molecule has 2 nitrogen and oxygen atoms in total. The summed E-state index contributed by atoms with van der Waals surface area (Å²) in [5.74, 6) is 0.832. The fraction of sp³-hybridized carbons (Fsp3) is 0.200. The first-order valence-electron chi connectivity index (χ1n) is 5.95. The highest BCUT2D eigenvalue weighted by molar-refractivity contribution is 9.10. The summed E-state index contributed by atoms with van der Waals surface area (Å²) < 4.78 is 7.35. The van der Waals surface area contributed by atoms with Gasteiger partial charge in [-0.2, -0.15) is 0 Å². The van der Waals surface area contributed by atoms with Crippen molar-refractivity contribution in [3.63, 3.8) is 0 Å². The molecule has 100 valence electrons. The fourth-order valence-corrected chi connectivity index (χ4v) is 2.76. The van der Waals surface area contributed by atoms with Crippen LogP contribution in [-0.4, -0.2) is 7.11 Å². The Kier molecular flexibility index (Phi) is 4.88. The van der Waals surface area contributed by atoms with Crippen LogP contribution in [0.15, 0.2) is 51.4 Å². The van der Waals surface area contributed by atoms with Gasteiger partial charge in [-0.3, -0.25) is 0 Å². The summed E-state index contributed by atoms with van der Waals surface area (Å²) in [5, 5.41) is 3.47. The van der Waals surface area contributed by atoms with Gasteiger partial charge >= 0.3 is 0 Å². The Morgan fingerprint density at radius 3 is 2.53 bits per heavy atom. The van der Waals surface area contributed by atoms with Crippen LogP contribution in [0.2, 0.25) is 0 Å². The maximum absolute atomic E-state index is 5.26. The van der Waals surface area contributed by atoms with Crippen molar-refractivity contribution in [3.05, 3.63) is 57.0 Å². The number of benzene rings is 2. The van der Waals surface area contributed by atoms with Gasteiger partial charge in [-0.1, -0.05) is 44.0 Å². The quantitative estimate of drug-likeness (QED) is 0.762. The molecule has 0 aliphatic rings. The Morgan fingerprint density at radius 2 is 1.84 bits per heavy atom. The average Bonchev–Trinajstić information content (AvgIpc) is 2.38. The summed E-state index contributed by atoms with van der Waals surface area (Å²) in [6.07, 6.45) is 0. The van der Waals surface area contributed by atoms with Crippen LogP contribution in [0.1, 0.15) is 18.5 Å². The van der Waals surface area contributed by atoms with Gasteiger partial charge in [0.1, 0.15) is 5.75 Å². The van der Waals surface area contributed by atoms with E-state index >= 15 is 0 Å². The molecule has 1 N–H and O–H groups in total. The molecular formula is C15H15Br2NO. The van der Waals surface area contributed by atoms with E-state index in [1.807, 2.05) is 30.3 Å². The predicted molar refractivity (Wildman–Crippen MR) is 86.9 cm³/mol. The van der Waals surface area contributed by atoms with Gasteiger partial charge in [0.05, 0.1) is 7.11 Å². The average molecular weight is 385 g/mol. The van der Waals surface area contributed by atoms with Crippen molar-refractivity contribution in [2.24, 2.45) is 0 Å². The van der Waals surface area contributed by atoms with E-state index in [0.717, 1.165) is 20.4 Å². The van der Waals surface area contributed by atoms with Crippen molar-refractivity contribution < 1.29 is 4.74 Å². The minimum absolute atomic E-state index is 0.219. The van der Waals surface area contributed by atoms with E-state index in [1.165, 1.54) is 5.56 Å². The zero-order valence-corrected chi connectivity index (χ0v) is 14.0. The van der Waals surface area contributed by atoms with Crippen LogP contribution in [0, 0.1) is 0 Å². The van der Waals surface area contributed by atoms with Gasteiger partial charge in [-0.05, 0) is 36.8 Å². The SMILES string of the molecule is COc1cc(Br)cc(NC(C)c2cccc(Br)c2)c1. The number of anilines is 1. The largest absolute Gasteiger partial charge is 0.497 e. The predicted octanol–water partition coefficient (Wildman–Crippen LogP) is 5.39. The third-order valence-corrected chi connectivity index (χ3v) is 3.79. The molecular weight excluding hydrogens is 370 g/mol. The first-order chi connectivity index (χ1) is 9.08. The zero-order valence-electron chi connectivity index (χ0n) is 10.8. The summed E-state index contributed by atoms with van der Waals surface area (Å²) in [4.78, 5) is 0. The Morgan fingerprint density at radius 1 is 1.05 bits per heavy atom. The third-order valence-electron chi connectivity index (χ3n) is 2.84. The minimum atomic E-state index is 0.219. The number of nitrogens with one attached hydrogen (secondary N) is 1. The molecule has 2 aromatic rings. The van der Waals surface area contributed by atoms with Crippen LogP contribution in [0.5, 0.6) is 5.75 Å². The molecule has 2 rings (SSSR count). The first kappa shape index (κ1) is 14.4. The maximum Gasteiger partial charge on any atom is 0.122 e. The van der Waals surface area contributed by atoms with E-state index in [2.05, 4.69) is 56.2 Å². The first-order valence-corrected chi connectivity index (χ1v) is 7.53. The normalized spacial score (nSPS) is 12.0. The Bertz CT molecular complexity index is 572. The molecule has 4 heteroatoms.